The zero-order chi connectivity index (χ0) is 27.8. The van der Waals surface area contributed by atoms with Crippen LogP contribution in [0.5, 0.6) is 0 Å². The molecule has 0 aliphatic carbocycles. The molecule has 202 valence electrons. The Balaban J connectivity index is 1.69. The fourth-order valence-corrected chi connectivity index (χ4v) is 4.88. The van der Waals surface area contributed by atoms with Crippen LogP contribution in [-0.4, -0.2) is 44.1 Å². The van der Waals surface area contributed by atoms with E-state index in [9.17, 15) is 19.1 Å². The van der Waals surface area contributed by atoms with Gasteiger partial charge < -0.3 is 20.3 Å². The van der Waals surface area contributed by atoms with Crippen LogP contribution < -0.4 is 10.6 Å². The Morgan fingerprint density at radius 1 is 1.10 bits per heavy atom. The first-order valence-corrected chi connectivity index (χ1v) is 13.9. The van der Waals surface area contributed by atoms with Gasteiger partial charge >= 0.3 is 5.97 Å². The van der Waals surface area contributed by atoms with Crippen molar-refractivity contribution >= 4 is 29.3 Å². The maximum Gasteiger partial charge on any atom is 0.329 e. The van der Waals surface area contributed by atoms with Crippen molar-refractivity contribution in [3.8, 4) is 11.1 Å². The Hall–Kier alpha value is -4.11. The topological polar surface area (TPSA) is 96.3 Å². The molecule has 39 heavy (non-hydrogen) atoms. The lowest BCUT2D eigenvalue weighted by atomic mass is 9.95. The number of anilines is 1. The molecule has 9 heteroatoms. The molecule has 3 aromatic carbocycles. The van der Waals surface area contributed by atoms with Crippen LogP contribution in [0.4, 0.5) is 10.1 Å². The Kier molecular flexibility index (Phi) is 9.03. The summed E-state index contributed by atoms with van der Waals surface area (Å²) in [6, 6.07) is 21.0. The summed E-state index contributed by atoms with van der Waals surface area (Å²) in [5.74, 6) is -1.25. The second-order valence-electron chi connectivity index (χ2n) is 9.47. The lowest BCUT2D eigenvalue weighted by molar-refractivity contribution is -0.143. The van der Waals surface area contributed by atoms with Crippen LogP contribution in [0.3, 0.4) is 0 Å². The van der Waals surface area contributed by atoms with Gasteiger partial charge in [-0.25, -0.2) is 14.2 Å². The molecule has 0 radical (unpaired) electrons. The van der Waals surface area contributed by atoms with Crippen LogP contribution in [0, 0.1) is 5.82 Å². The molecule has 1 heterocycles. The summed E-state index contributed by atoms with van der Waals surface area (Å²) >= 11 is 1.53. The molecule has 0 aliphatic heterocycles. The summed E-state index contributed by atoms with van der Waals surface area (Å²) in [4.78, 5) is 29.6. The number of hydrogen-bond acceptors (Lipinski definition) is 5. The molecule has 4 aromatic rings. The highest BCUT2D eigenvalue weighted by molar-refractivity contribution is 7.98. The molecule has 1 aromatic heterocycles. The number of rotatable bonds is 12. The van der Waals surface area contributed by atoms with Crippen LogP contribution in [0.25, 0.3) is 11.1 Å². The van der Waals surface area contributed by atoms with Gasteiger partial charge in [0.05, 0.1) is 12.4 Å². The third-order valence-corrected chi connectivity index (χ3v) is 7.19. The molecular formula is C30H31FN4O3S. The number of thioether (sulfide) groups is 1. The minimum atomic E-state index is -1.40. The highest BCUT2D eigenvalue weighted by Crippen LogP contribution is 2.30. The van der Waals surface area contributed by atoms with E-state index in [0.717, 1.165) is 16.8 Å². The quantitative estimate of drug-likeness (QED) is 0.206. The fourth-order valence-electron chi connectivity index (χ4n) is 4.27. The molecule has 0 aliphatic rings. The van der Waals surface area contributed by atoms with Gasteiger partial charge in [0.1, 0.15) is 11.4 Å². The molecule has 0 bridgehead atoms. The molecule has 2 atom stereocenters. The lowest BCUT2D eigenvalue weighted by Gasteiger charge is -2.27. The average Bonchev–Trinajstić information content (AvgIpc) is 3.45. The summed E-state index contributed by atoms with van der Waals surface area (Å²) in [7, 11) is 0. The second-order valence-corrected chi connectivity index (χ2v) is 10.5. The number of aromatic nitrogens is 2. The van der Waals surface area contributed by atoms with Crippen molar-refractivity contribution in [2.75, 3.05) is 17.3 Å². The number of hydrogen-bond donors (Lipinski definition) is 3. The lowest BCUT2D eigenvalue weighted by Crippen LogP contribution is -2.52. The van der Waals surface area contributed by atoms with Crippen LogP contribution in [0.15, 0.2) is 91.5 Å². The number of carbonyl (C=O) groups excluding carboxylic acids is 1. The average molecular weight is 547 g/mol. The molecule has 0 fully saturated rings. The van der Waals surface area contributed by atoms with Gasteiger partial charge in [-0.15, -0.1) is 0 Å². The Bertz CT molecular complexity index is 1400. The largest absolute Gasteiger partial charge is 0.480 e. The standard InChI is InChI=1S/C30H31FN4O3S/c1-30(29(37)38,14-17-39-2)34-28(36)25-13-12-24(18-26(25)21-6-4-3-5-7-21)33-27(19-35-16-15-32-20-35)22-8-10-23(31)11-9-22/h3-13,15-16,18,20,27,33H,14,17,19H2,1-2H3,(H,34,36)(H,37,38)/t27?,30-/m0/s1. The summed E-state index contributed by atoms with van der Waals surface area (Å²) in [6.45, 7) is 2.08. The first-order valence-electron chi connectivity index (χ1n) is 12.5. The number of carbonyl (C=O) groups is 2. The van der Waals surface area contributed by atoms with Crippen molar-refractivity contribution in [2.24, 2.45) is 0 Å². The number of amides is 1. The molecular weight excluding hydrogens is 515 g/mol. The van der Waals surface area contributed by atoms with Crippen molar-refractivity contribution in [1.82, 2.24) is 14.9 Å². The smallest absolute Gasteiger partial charge is 0.329 e. The number of nitrogens with one attached hydrogen (secondary N) is 2. The van der Waals surface area contributed by atoms with Gasteiger partial charge in [0.15, 0.2) is 0 Å². The van der Waals surface area contributed by atoms with E-state index in [0.29, 0.717) is 29.8 Å². The van der Waals surface area contributed by atoms with E-state index in [4.69, 9.17) is 0 Å². The van der Waals surface area contributed by atoms with E-state index in [1.165, 1.54) is 30.8 Å². The third-order valence-electron chi connectivity index (χ3n) is 6.58. The van der Waals surface area contributed by atoms with E-state index in [1.807, 2.05) is 53.4 Å². The van der Waals surface area contributed by atoms with E-state index in [-0.39, 0.29) is 11.9 Å². The van der Waals surface area contributed by atoms with Gasteiger partial charge in [-0.1, -0.05) is 42.5 Å². The molecule has 7 nitrogen and oxygen atoms in total. The molecule has 0 spiro atoms. The van der Waals surface area contributed by atoms with Crippen molar-refractivity contribution in [3.63, 3.8) is 0 Å². The van der Waals surface area contributed by atoms with Gasteiger partial charge in [-0.05, 0) is 72.4 Å². The van der Waals surface area contributed by atoms with Crippen LogP contribution in [-0.2, 0) is 11.3 Å². The summed E-state index contributed by atoms with van der Waals surface area (Å²) in [6.07, 6.45) is 7.47. The van der Waals surface area contributed by atoms with Crippen molar-refractivity contribution in [1.29, 1.82) is 0 Å². The minimum Gasteiger partial charge on any atom is -0.480 e. The van der Waals surface area contributed by atoms with Crippen molar-refractivity contribution in [2.45, 2.75) is 31.5 Å². The predicted molar refractivity (Wildman–Crippen MR) is 153 cm³/mol. The Morgan fingerprint density at radius 3 is 2.49 bits per heavy atom. The van der Waals surface area contributed by atoms with Crippen LogP contribution >= 0.6 is 11.8 Å². The van der Waals surface area contributed by atoms with Crippen molar-refractivity contribution in [3.05, 3.63) is 108 Å². The first kappa shape index (κ1) is 27.9. The zero-order valence-electron chi connectivity index (χ0n) is 21.8. The van der Waals surface area contributed by atoms with Gasteiger partial charge in [0, 0.05) is 30.2 Å². The Labute approximate surface area is 231 Å². The monoisotopic (exact) mass is 546 g/mol. The van der Waals surface area contributed by atoms with Crippen LogP contribution in [0.2, 0.25) is 0 Å². The van der Waals surface area contributed by atoms with Gasteiger partial charge in [0.25, 0.3) is 5.91 Å². The maximum atomic E-state index is 13.6. The van der Waals surface area contributed by atoms with E-state index in [1.54, 1.807) is 36.8 Å². The molecule has 1 amide bonds. The molecule has 1 unspecified atom stereocenters. The maximum absolute atomic E-state index is 13.6. The number of imidazole rings is 1. The minimum absolute atomic E-state index is 0.218. The first-order chi connectivity index (χ1) is 18.8. The SMILES string of the molecule is CSCC[C@](C)(NC(=O)c1ccc(NC(Cn2ccnc2)c2ccc(F)cc2)cc1-c1ccccc1)C(=O)O. The van der Waals surface area contributed by atoms with Crippen LogP contribution in [0.1, 0.15) is 35.3 Å². The number of aliphatic carboxylic acids is 1. The number of carboxylic acid groups (broad SMARTS) is 1. The number of nitrogens with zero attached hydrogens (tertiary/aromatic N) is 2. The highest BCUT2D eigenvalue weighted by Gasteiger charge is 2.35. The number of halogens is 1. The normalized spacial score (nSPS) is 13.3. The van der Waals surface area contributed by atoms with E-state index >= 15 is 0 Å². The zero-order valence-corrected chi connectivity index (χ0v) is 22.6. The highest BCUT2D eigenvalue weighted by atomic mass is 32.2. The number of carboxylic acids is 1. The third kappa shape index (κ3) is 7.06. The van der Waals surface area contributed by atoms with Gasteiger partial charge in [-0.3, -0.25) is 4.79 Å². The molecule has 0 saturated heterocycles. The molecule has 0 saturated carbocycles. The summed E-state index contributed by atoms with van der Waals surface area (Å²) < 4.78 is 15.6. The molecule has 4 rings (SSSR count). The van der Waals surface area contributed by atoms with Gasteiger partial charge in [-0.2, -0.15) is 11.8 Å². The summed E-state index contributed by atoms with van der Waals surface area (Å²) in [5, 5.41) is 16.1. The predicted octanol–water partition coefficient (Wildman–Crippen LogP) is 5.87. The van der Waals surface area contributed by atoms with E-state index in [2.05, 4.69) is 15.6 Å². The fraction of sp³-hybridized carbons (Fsp3) is 0.233. The summed E-state index contributed by atoms with van der Waals surface area (Å²) in [5.41, 5.74) is 2.10. The molecule has 3 N–H and O–H groups in total. The Morgan fingerprint density at radius 2 is 1.85 bits per heavy atom. The number of benzene rings is 3. The van der Waals surface area contributed by atoms with Gasteiger partial charge in [0.2, 0.25) is 0 Å². The van der Waals surface area contributed by atoms with Crippen molar-refractivity contribution < 1.29 is 19.1 Å². The second kappa shape index (κ2) is 12.6. The van der Waals surface area contributed by atoms with E-state index < -0.39 is 17.4 Å².